The lowest BCUT2D eigenvalue weighted by Gasteiger charge is -2.38. The molecule has 0 radical (unpaired) electrons. The summed E-state index contributed by atoms with van der Waals surface area (Å²) in [5, 5.41) is 21.7. The largest absolute Gasteiger partial charge is 0.461 e. The number of benzene rings is 1. The number of hydrogen-bond donors (Lipinski definition) is 1. The third-order valence-electron chi connectivity index (χ3n) is 5.76. The van der Waals surface area contributed by atoms with Crippen LogP contribution < -0.4 is 0 Å². The summed E-state index contributed by atoms with van der Waals surface area (Å²) in [5.41, 5.74) is -1.04. The Morgan fingerprint density at radius 1 is 1.38 bits per heavy atom. The van der Waals surface area contributed by atoms with Crippen LogP contribution in [-0.2, 0) is 4.74 Å². The van der Waals surface area contributed by atoms with Crippen molar-refractivity contribution >= 4 is 11.7 Å². The second kappa shape index (κ2) is 6.02. The molecule has 128 valence electrons. The number of carbonyl (C=O) groups excluding carboxylic acids is 1. The highest BCUT2D eigenvalue weighted by atomic mass is 16.6. The van der Waals surface area contributed by atoms with Crippen LogP contribution >= 0.6 is 0 Å². The number of rotatable bonds is 5. The summed E-state index contributed by atoms with van der Waals surface area (Å²) in [6, 6.07) is 5.34. The number of hydrogen-bond acceptors (Lipinski definition) is 5. The van der Waals surface area contributed by atoms with Crippen LogP contribution in [-0.4, -0.2) is 28.2 Å². The molecular weight excluding hydrogens is 310 g/mol. The Morgan fingerprint density at radius 3 is 2.71 bits per heavy atom. The van der Waals surface area contributed by atoms with Crippen molar-refractivity contribution in [2.75, 3.05) is 6.61 Å². The van der Waals surface area contributed by atoms with E-state index in [1.807, 2.05) is 6.08 Å². The van der Waals surface area contributed by atoms with Crippen LogP contribution in [0.15, 0.2) is 36.9 Å². The maximum Gasteiger partial charge on any atom is 0.338 e. The molecule has 2 aliphatic rings. The number of ether oxygens (including phenoxy) is 1. The lowest BCUT2D eigenvalue weighted by atomic mass is 9.74. The maximum atomic E-state index is 12.2. The lowest BCUT2D eigenvalue weighted by molar-refractivity contribution is -0.384. The third-order valence-corrected chi connectivity index (χ3v) is 5.76. The van der Waals surface area contributed by atoms with E-state index in [0.717, 1.165) is 25.7 Å². The van der Waals surface area contributed by atoms with E-state index in [-0.39, 0.29) is 23.8 Å². The van der Waals surface area contributed by atoms with Gasteiger partial charge in [0.25, 0.3) is 5.69 Å². The second-order valence-corrected chi connectivity index (χ2v) is 6.82. The smallest absolute Gasteiger partial charge is 0.338 e. The van der Waals surface area contributed by atoms with Crippen LogP contribution in [0.4, 0.5) is 5.69 Å². The van der Waals surface area contributed by atoms with Crippen LogP contribution in [0, 0.1) is 21.4 Å². The highest BCUT2D eigenvalue weighted by Crippen LogP contribution is 2.60. The van der Waals surface area contributed by atoms with E-state index in [4.69, 9.17) is 4.74 Å². The van der Waals surface area contributed by atoms with Gasteiger partial charge in [0, 0.05) is 23.5 Å². The average molecular weight is 331 g/mol. The maximum absolute atomic E-state index is 12.2. The molecule has 2 aliphatic carbocycles. The molecule has 24 heavy (non-hydrogen) atoms. The summed E-state index contributed by atoms with van der Waals surface area (Å²) >= 11 is 0. The Bertz CT molecular complexity index is 670. The number of nitrogens with zero attached hydrogens (tertiary/aromatic N) is 1. The summed E-state index contributed by atoms with van der Waals surface area (Å²) in [6.07, 6.45) is 5.93. The number of aliphatic hydroxyl groups is 1. The van der Waals surface area contributed by atoms with E-state index in [9.17, 15) is 20.0 Å². The molecule has 0 bridgehead atoms. The summed E-state index contributed by atoms with van der Waals surface area (Å²) < 4.78 is 5.47. The molecule has 6 nitrogen and oxygen atoms in total. The normalized spacial score (nSPS) is 31.5. The van der Waals surface area contributed by atoms with Gasteiger partial charge < -0.3 is 9.84 Å². The molecule has 0 unspecified atom stereocenters. The Labute approximate surface area is 140 Å². The van der Waals surface area contributed by atoms with Gasteiger partial charge in [0.1, 0.15) is 6.61 Å². The highest BCUT2D eigenvalue weighted by molar-refractivity contribution is 5.89. The van der Waals surface area contributed by atoms with Crippen LogP contribution in [0.1, 0.15) is 42.5 Å². The number of esters is 1. The first-order valence-electron chi connectivity index (χ1n) is 8.18. The van der Waals surface area contributed by atoms with Gasteiger partial charge in [-0.1, -0.05) is 6.08 Å². The molecule has 2 saturated carbocycles. The molecule has 0 heterocycles. The van der Waals surface area contributed by atoms with Gasteiger partial charge in [-0.05, 0) is 44.2 Å². The molecule has 3 atom stereocenters. The molecule has 1 aromatic carbocycles. The van der Waals surface area contributed by atoms with E-state index >= 15 is 0 Å². The van der Waals surface area contributed by atoms with Crippen molar-refractivity contribution in [2.45, 2.75) is 37.7 Å². The Morgan fingerprint density at radius 2 is 2.08 bits per heavy atom. The monoisotopic (exact) mass is 331 g/mol. The van der Waals surface area contributed by atoms with Crippen molar-refractivity contribution in [1.82, 2.24) is 0 Å². The zero-order valence-corrected chi connectivity index (χ0v) is 13.4. The van der Waals surface area contributed by atoms with Gasteiger partial charge in [-0.3, -0.25) is 10.1 Å². The number of nitro groups is 1. The van der Waals surface area contributed by atoms with E-state index in [1.54, 1.807) is 0 Å². The number of nitro benzene ring substituents is 1. The van der Waals surface area contributed by atoms with Crippen LogP contribution in [0.3, 0.4) is 0 Å². The zero-order chi connectivity index (χ0) is 17.4. The lowest BCUT2D eigenvalue weighted by Crippen LogP contribution is -2.46. The van der Waals surface area contributed by atoms with Crippen molar-refractivity contribution in [3.05, 3.63) is 52.6 Å². The minimum Gasteiger partial charge on any atom is -0.461 e. The van der Waals surface area contributed by atoms with Gasteiger partial charge in [0.05, 0.1) is 16.1 Å². The number of carbonyl (C=O) groups is 1. The van der Waals surface area contributed by atoms with Gasteiger partial charge in [-0.15, -0.1) is 6.58 Å². The Hall–Kier alpha value is -2.21. The van der Waals surface area contributed by atoms with Crippen LogP contribution in [0.2, 0.25) is 0 Å². The van der Waals surface area contributed by atoms with E-state index < -0.39 is 21.9 Å². The Balaban J connectivity index is 1.70. The summed E-state index contributed by atoms with van der Waals surface area (Å²) in [6.45, 7) is 3.99. The van der Waals surface area contributed by atoms with E-state index in [1.165, 1.54) is 24.3 Å². The minimum absolute atomic E-state index is 0.0399. The fraction of sp³-hybridized carbons (Fsp3) is 0.500. The molecule has 0 spiro atoms. The molecule has 1 aromatic rings. The molecule has 0 aromatic heterocycles. The molecule has 2 fully saturated rings. The van der Waals surface area contributed by atoms with Gasteiger partial charge in [0.15, 0.2) is 0 Å². The first-order valence-corrected chi connectivity index (χ1v) is 8.18. The summed E-state index contributed by atoms with van der Waals surface area (Å²) in [5.74, 6) is -0.478. The van der Waals surface area contributed by atoms with E-state index in [2.05, 4.69) is 6.58 Å². The molecule has 3 rings (SSSR count). The minimum atomic E-state index is -0.843. The topological polar surface area (TPSA) is 89.7 Å². The molecule has 1 N–H and O–H groups in total. The summed E-state index contributed by atoms with van der Waals surface area (Å²) in [7, 11) is 0. The molecule has 0 aliphatic heterocycles. The van der Waals surface area contributed by atoms with Crippen LogP contribution in [0.5, 0.6) is 0 Å². The van der Waals surface area contributed by atoms with Gasteiger partial charge in [-0.25, -0.2) is 4.79 Å². The van der Waals surface area contributed by atoms with Crippen LogP contribution in [0.25, 0.3) is 0 Å². The van der Waals surface area contributed by atoms with Crippen molar-refractivity contribution in [3.63, 3.8) is 0 Å². The van der Waals surface area contributed by atoms with Crippen molar-refractivity contribution in [3.8, 4) is 0 Å². The molecular formula is C18H21NO5. The highest BCUT2D eigenvalue weighted by Gasteiger charge is 2.61. The average Bonchev–Trinajstić information content (AvgIpc) is 3.03. The van der Waals surface area contributed by atoms with Crippen molar-refractivity contribution < 1.29 is 19.6 Å². The predicted molar refractivity (Wildman–Crippen MR) is 87.5 cm³/mol. The molecule has 0 amide bonds. The molecule has 0 saturated heterocycles. The predicted octanol–water partition coefficient (Wildman–Crippen LogP) is 3.25. The second-order valence-electron chi connectivity index (χ2n) is 6.82. The zero-order valence-electron chi connectivity index (χ0n) is 13.4. The fourth-order valence-corrected chi connectivity index (χ4v) is 4.36. The SMILES string of the molecule is C=C[C@@H]1CC[C@]2(COC(=O)c3ccc([N+](=O)[O-])cc3)CCC[C@]12O. The Kier molecular flexibility index (Phi) is 4.17. The van der Waals surface area contributed by atoms with Gasteiger partial charge in [-0.2, -0.15) is 0 Å². The number of non-ortho nitro benzene ring substituents is 1. The fourth-order valence-electron chi connectivity index (χ4n) is 4.36. The molecule has 6 heteroatoms. The van der Waals surface area contributed by atoms with Crippen molar-refractivity contribution in [2.24, 2.45) is 11.3 Å². The summed E-state index contributed by atoms with van der Waals surface area (Å²) in [4.78, 5) is 22.4. The van der Waals surface area contributed by atoms with E-state index in [0.29, 0.717) is 6.42 Å². The van der Waals surface area contributed by atoms with Crippen molar-refractivity contribution in [1.29, 1.82) is 0 Å². The first kappa shape index (κ1) is 16.6. The number of fused-ring (bicyclic) bond motifs is 1. The first-order chi connectivity index (χ1) is 11.4. The quantitative estimate of drug-likeness (QED) is 0.387. The van der Waals surface area contributed by atoms with Gasteiger partial charge >= 0.3 is 5.97 Å². The third kappa shape index (κ3) is 2.51. The standard InChI is InChI=1S/C18H21NO5/c1-2-14-8-11-17(9-3-10-18(14,17)21)12-24-16(20)13-4-6-15(7-5-13)19(22)23/h2,4-7,14,21H,1,3,8-12H2/t14-,17+,18+/m1/s1. The van der Waals surface area contributed by atoms with Gasteiger partial charge in [0.2, 0.25) is 0 Å².